The third kappa shape index (κ3) is 3.21. The van der Waals surface area contributed by atoms with E-state index in [9.17, 15) is 9.90 Å². The zero-order chi connectivity index (χ0) is 15.8. The maximum atomic E-state index is 12.6. The van der Waals surface area contributed by atoms with Crippen LogP contribution in [0.5, 0.6) is 0 Å². The maximum absolute atomic E-state index is 12.6. The second-order valence-corrected chi connectivity index (χ2v) is 5.94. The van der Waals surface area contributed by atoms with Crippen molar-refractivity contribution >= 4 is 16.9 Å². The Morgan fingerprint density at radius 2 is 2.14 bits per heavy atom. The minimum Gasteiger partial charge on any atom is -0.389 e. The van der Waals surface area contributed by atoms with E-state index in [0.29, 0.717) is 12.1 Å². The molecule has 0 saturated carbocycles. The van der Waals surface area contributed by atoms with Crippen LogP contribution >= 0.6 is 0 Å². The summed E-state index contributed by atoms with van der Waals surface area (Å²) in [6, 6.07) is 1.82. The molecule has 2 aromatic rings. The molecule has 1 N–H and O–H groups in total. The third-order valence-electron chi connectivity index (χ3n) is 3.36. The number of aryl methyl sites for hydroxylation is 2. The molecule has 0 radical (unpaired) electrons. The van der Waals surface area contributed by atoms with Crippen molar-refractivity contribution in [2.24, 2.45) is 7.05 Å². The van der Waals surface area contributed by atoms with Gasteiger partial charge in [-0.1, -0.05) is 0 Å². The molecule has 0 fully saturated rings. The first-order valence-electron chi connectivity index (χ1n) is 7.04. The molecule has 0 atom stereocenters. The molecule has 0 aliphatic heterocycles. The Bertz CT molecular complexity index is 670. The highest BCUT2D eigenvalue weighted by atomic mass is 16.3. The van der Waals surface area contributed by atoms with Crippen molar-refractivity contribution in [3.63, 3.8) is 0 Å². The molecule has 2 heterocycles. The summed E-state index contributed by atoms with van der Waals surface area (Å²) in [4.78, 5) is 18.5. The molecule has 6 nitrogen and oxygen atoms in total. The molecular weight excluding hydrogens is 268 g/mol. The predicted octanol–water partition coefficient (Wildman–Crippen LogP) is 1.51. The second-order valence-electron chi connectivity index (χ2n) is 5.94. The van der Waals surface area contributed by atoms with Gasteiger partial charge in [-0.3, -0.25) is 9.48 Å². The number of hydrogen-bond donors (Lipinski definition) is 1. The summed E-state index contributed by atoms with van der Waals surface area (Å²) in [5, 5.41) is 15.1. The van der Waals surface area contributed by atoms with Gasteiger partial charge < -0.3 is 10.0 Å². The lowest BCUT2D eigenvalue weighted by Gasteiger charge is -2.28. The number of likely N-dealkylation sites (N-methyl/N-ethyl adjacent to an activating group) is 1. The molecule has 0 aromatic carbocycles. The lowest BCUT2D eigenvalue weighted by molar-refractivity contribution is 0.0314. The predicted molar refractivity (Wildman–Crippen MR) is 81.1 cm³/mol. The van der Waals surface area contributed by atoms with E-state index in [2.05, 4.69) is 10.1 Å². The fourth-order valence-electron chi connectivity index (χ4n) is 2.40. The molecule has 2 rings (SSSR count). The number of hydrogen-bond acceptors (Lipinski definition) is 4. The van der Waals surface area contributed by atoms with Gasteiger partial charge in [0.25, 0.3) is 5.91 Å². The van der Waals surface area contributed by atoms with Gasteiger partial charge in [-0.2, -0.15) is 5.10 Å². The van der Waals surface area contributed by atoms with E-state index >= 15 is 0 Å². The molecule has 1 amide bonds. The molecule has 114 valence electrons. The molecule has 21 heavy (non-hydrogen) atoms. The number of pyridine rings is 1. The topological polar surface area (TPSA) is 71.2 Å². The largest absolute Gasteiger partial charge is 0.389 e. The summed E-state index contributed by atoms with van der Waals surface area (Å²) >= 11 is 0. The van der Waals surface area contributed by atoms with Crippen molar-refractivity contribution < 1.29 is 9.90 Å². The number of carbonyl (C=O) groups is 1. The molecule has 0 saturated heterocycles. The normalized spacial score (nSPS) is 11.9. The van der Waals surface area contributed by atoms with Crippen LogP contribution in [0.4, 0.5) is 0 Å². The van der Waals surface area contributed by atoms with Crippen LogP contribution in [0, 0.1) is 6.92 Å². The van der Waals surface area contributed by atoms with Gasteiger partial charge in [-0.25, -0.2) is 4.98 Å². The van der Waals surface area contributed by atoms with Crippen molar-refractivity contribution in [3.8, 4) is 0 Å². The first-order chi connectivity index (χ1) is 9.73. The van der Waals surface area contributed by atoms with Gasteiger partial charge in [0, 0.05) is 31.7 Å². The van der Waals surface area contributed by atoms with E-state index in [1.807, 2.05) is 27.0 Å². The highest BCUT2D eigenvalue weighted by Crippen LogP contribution is 2.18. The monoisotopic (exact) mass is 290 g/mol. The van der Waals surface area contributed by atoms with E-state index in [0.717, 1.165) is 16.7 Å². The zero-order valence-electron chi connectivity index (χ0n) is 13.2. The van der Waals surface area contributed by atoms with Gasteiger partial charge in [0.1, 0.15) is 0 Å². The molecule has 0 aliphatic carbocycles. The van der Waals surface area contributed by atoms with Crippen molar-refractivity contribution in [2.45, 2.75) is 33.3 Å². The van der Waals surface area contributed by atoms with Crippen LogP contribution in [0.3, 0.4) is 0 Å². The van der Waals surface area contributed by atoms with Crippen LogP contribution in [-0.2, 0) is 7.05 Å². The van der Waals surface area contributed by atoms with E-state index in [-0.39, 0.29) is 12.5 Å². The van der Waals surface area contributed by atoms with E-state index in [1.54, 1.807) is 29.6 Å². The van der Waals surface area contributed by atoms with Crippen molar-refractivity contribution in [3.05, 3.63) is 23.5 Å². The average Bonchev–Trinajstić information content (AvgIpc) is 2.69. The van der Waals surface area contributed by atoms with Gasteiger partial charge in [0.15, 0.2) is 5.65 Å². The molecule has 0 unspecified atom stereocenters. The highest BCUT2D eigenvalue weighted by Gasteiger charge is 2.23. The third-order valence-corrected chi connectivity index (χ3v) is 3.36. The van der Waals surface area contributed by atoms with Crippen LogP contribution in [0.2, 0.25) is 0 Å². The summed E-state index contributed by atoms with van der Waals surface area (Å²) in [6.07, 6.45) is 1.57. The first kappa shape index (κ1) is 15.4. The minimum absolute atomic E-state index is 0.128. The molecule has 0 bridgehead atoms. The quantitative estimate of drug-likeness (QED) is 0.926. The molecule has 2 aromatic heterocycles. The highest BCUT2D eigenvalue weighted by molar-refractivity contribution is 5.97. The number of carbonyl (C=O) groups excluding carboxylic acids is 1. The Morgan fingerprint density at radius 1 is 1.48 bits per heavy atom. The van der Waals surface area contributed by atoms with Crippen LogP contribution in [0.15, 0.2) is 12.3 Å². The minimum atomic E-state index is -0.923. The number of aliphatic hydroxyl groups is 1. The average molecular weight is 290 g/mol. The smallest absolute Gasteiger partial charge is 0.255 e. The Labute approximate surface area is 124 Å². The van der Waals surface area contributed by atoms with Gasteiger partial charge >= 0.3 is 0 Å². The van der Waals surface area contributed by atoms with E-state index < -0.39 is 5.60 Å². The standard InChI is InChI=1S/C15H22N4O2/c1-6-19(9-15(3,4)21)14(20)11-7-12-10(2)17-18(5)13(12)16-8-11/h7-8,21H,6,9H2,1-5H3. The fourth-order valence-corrected chi connectivity index (χ4v) is 2.40. The van der Waals surface area contributed by atoms with Crippen molar-refractivity contribution in [2.75, 3.05) is 13.1 Å². The van der Waals surface area contributed by atoms with Gasteiger partial charge in [-0.15, -0.1) is 0 Å². The second kappa shape index (κ2) is 5.44. The number of aromatic nitrogens is 3. The van der Waals surface area contributed by atoms with Crippen molar-refractivity contribution in [1.29, 1.82) is 0 Å². The summed E-state index contributed by atoms with van der Waals surface area (Å²) < 4.78 is 1.70. The van der Waals surface area contributed by atoms with Crippen LogP contribution in [0.1, 0.15) is 36.8 Å². The number of rotatable bonds is 4. The molecule has 6 heteroatoms. The van der Waals surface area contributed by atoms with Crippen LogP contribution in [0.25, 0.3) is 11.0 Å². The summed E-state index contributed by atoms with van der Waals surface area (Å²) in [6.45, 7) is 7.99. The number of fused-ring (bicyclic) bond motifs is 1. The number of amides is 1. The van der Waals surface area contributed by atoms with Gasteiger partial charge in [-0.05, 0) is 33.8 Å². The lowest BCUT2D eigenvalue weighted by Crippen LogP contribution is -2.42. The molecule has 0 spiro atoms. The SMILES string of the molecule is CCN(CC(C)(C)O)C(=O)c1cnc2c(c1)c(C)nn2C. The summed E-state index contributed by atoms with van der Waals surface area (Å²) in [5.41, 5.74) is 1.20. The Morgan fingerprint density at radius 3 is 2.71 bits per heavy atom. The molecular formula is C15H22N4O2. The van der Waals surface area contributed by atoms with Gasteiger partial charge in [0.2, 0.25) is 0 Å². The Kier molecular flexibility index (Phi) is 4.00. The van der Waals surface area contributed by atoms with Gasteiger partial charge in [0.05, 0.1) is 16.9 Å². The first-order valence-corrected chi connectivity index (χ1v) is 7.04. The maximum Gasteiger partial charge on any atom is 0.255 e. The van der Waals surface area contributed by atoms with Crippen molar-refractivity contribution in [1.82, 2.24) is 19.7 Å². The fraction of sp³-hybridized carbons (Fsp3) is 0.533. The lowest BCUT2D eigenvalue weighted by atomic mass is 10.1. The van der Waals surface area contributed by atoms with E-state index in [4.69, 9.17) is 0 Å². The van der Waals surface area contributed by atoms with Crippen LogP contribution in [-0.4, -0.2) is 49.4 Å². The van der Waals surface area contributed by atoms with Crippen LogP contribution < -0.4 is 0 Å². The Hall–Kier alpha value is -1.95. The Balaban J connectivity index is 2.36. The zero-order valence-corrected chi connectivity index (χ0v) is 13.2. The number of nitrogens with zero attached hydrogens (tertiary/aromatic N) is 4. The molecule has 0 aliphatic rings. The summed E-state index contributed by atoms with van der Waals surface area (Å²) in [5.74, 6) is -0.128. The summed E-state index contributed by atoms with van der Waals surface area (Å²) in [7, 11) is 1.83. The van der Waals surface area contributed by atoms with E-state index in [1.165, 1.54) is 0 Å².